The Morgan fingerprint density at radius 2 is 2.00 bits per heavy atom. The number of Topliss-reactive ketones (excluding diaryl/α,β-unsaturated/α-hetero) is 1. The summed E-state index contributed by atoms with van der Waals surface area (Å²) in [5.41, 5.74) is 3.38. The number of fused-ring (bicyclic) bond motifs is 5. The molecule has 0 amide bonds. The van der Waals surface area contributed by atoms with E-state index in [0.717, 1.165) is 31.0 Å². The summed E-state index contributed by atoms with van der Waals surface area (Å²) in [7, 11) is 0. The molecule has 0 N–H and O–H groups in total. The fraction of sp³-hybridized carbons (Fsp3) is 0.286. The quantitative estimate of drug-likeness (QED) is 0.168. The zero-order chi connectivity index (χ0) is 26.6. The van der Waals surface area contributed by atoms with Crippen LogP contribution in [0.15, 0.2) is 63.0 Å². The Labute approximate surface area is 236 Å². The number of ketones is 1. The SMILES string of the molecule is Cc1cccc(-n2c(=O)c3c4c(sc3n3c(SCC(=O)c5ccc(Br)cc5)nnc23)CO[C@H](C(C)C)C4)c1. The topological polar surface area (TPSA) is 78.5 Å². The number of thioether (sulfide) groups is 1. The first kappa shape index (κ1) is 25.5. The van der Waals surface area contributed by atoms with Crippen LogP contribution in [0.2, 0.25) is 0 Å². The second-order valence-electron chi connectivity index (χ2n) is 9.80. The molecule has 0 saturated heterocycles. The highest BCUT2D eigenvalue weighted by atomic mass is 79.9. The second kappa shape index (κ2) is 10.1. The summed E-state index contributed by atoms with van der Waals surface area (Å²) in [6.45, 7) is 6.77. The Bertz CT molecular complexity index is 1750. The number of ether oxygens (including phenoxy) is 1. The first-order chi connectivity index (χ1) is 18.3. The summed E-state index contributed by atoms with van der Waals surface area (Å²) in [4.78, 5) is 28.9. The highest BCUT2D eigenvalue weighted by molar-refractivity contribution is 9.10. The van der Waals surface area contributed by atoms with E-state index in [1.807, 2.05) is 47.7 Å². The molecule has 194 valence electrons. The smallest absolute Gasteiger partial charge is 0.268 e. The van der Waals surface area contributed by atoms with E-state index in [-0.39, 0.29) is 23.2 Å². The standard InChI is InChI=1S/C28H25BrN4O3S2/c1-15(2)22-12-20-23(13-36-22)38-26-24(20)25(35)32(19-6-4-5-16(3)11-19)27-30-31-28(33(26)27)37-14-21(34)17-7-9-18(29)10-8-17/h4-11,15,22H,12-14H2,1-3H3/t22-/m0/s1. The number of halogens is 1. The molecule has 1 atom stereocenters. The molecule has 38 heavy (non-hydrogen) atoms. The molecule has 0 saturated carbocycles. The maximum Gasteiger partial charge on any atom is 0.268 e. The molecular weight excluding hydrogens is 584 g/mol. The van der Waals surface area contributed by atoms with Crippen LogP contribution < -0.4 is 5.56 Å². The van der Waals surface area contributed by atoms with E-state index in [1.165, 1.54) is 11.8 Å². The molecule has 5 aromatic rings. The normalized spacial score (nSPS) is 15.4. The number of rotatable bonds is 6. The minimum absolute atomic E-state index is 0.00106. The molecule has 4 heterocycles. The predicted octanol–water partition coefficient (Wildman–Crippen LogP) is 6.24. The predicted molar refractivity (Wildman–Crippen MR) is 155 cm³/mol. The van der Waals surface area contributed by atoms with Crippen molar-refractivity contribution in [2.45, 2.75) is 45.1 Å². The van der Waals surface area contributed by atoms with E-state index in [0.29, 0.717) is 40.8 Å². The number of aromatic nitrogens is 4. The fourth-order valence-corrected chi connectivity index (χ4v) is 7.20. The number of carbonyl (C=O) groups excluding carboxylic acids is 1. The molecule has 7 nitrogen and oxygen atoms in total. The molecule has 6 rings (SSSR count). The molecule has 0 radical (unpaired) electrons. The molecule has 2 aromatic carbocycles. The maximum atomic E-state index is 14.1. The van der Waals surface area contributed by atoms with Crippen LogP contribution in [0.5, 0.6) is 0 Å². The van der Waals surface area contributed by atoms with Crippen molar-refractivity contribution in [1.82, 2.24) is 19.2 Å². The van der Waals surface area contributed by atoms with Crippen LogP contribution in [0, 0.1) is 12.8 Å². The lowest BCUT2D eigenvalue weighted by atomic mass is 9.96. The summed E-state index contributed by atoms with van der Waals surface area (Å²) < 4.78 is 10.6. The number of nitrogens with zero attached hydrogens (tertiary/aromatic N) is 4. The molecule has 10 heteroatoms. The Morgan fingerprint density at radius 1 is 1.21 bits per heavy atom. The summed E-state index contributed by atoms with van der Waals surface area (Å²) >= 11 is 6.30. The lowest BCUT2D eigenvalue weighted by Gasteiger charge is -2.26. The van der Waals surface area contributed by atoms with Crippen molar-refractivity contribution in [2.24, 2.45) is 5.92 Å². The number of benzene rings is 2. The van der Waals surface area contributed by atoms with Gasteiger partial charge in [-0.15, -0.1) is 21.5 Å². The number of thiophene rings is 1. The van der Waals surface area contributed by atoms with E-state index in [1.54, 1.807) is 28.0 Å². The highest BCUT2D eigenvalue weighted by Gasteiger charge is 2.30. The van der Waals surface area contributed by atoms with Gasteiger partial charge in [-0.1, -0.05) is 65.8 Å². The Kier molecular flexibility index (Phi) is 6.75. The first-order valence-corrected chi connectivity index (χ1v) is 15.0. The van der Waals surface area contributed by atoms with Gasteiger partial charge in [0.15, 0.2) is 10.9 Å². The van der Waals surface area contributed by atoms with Gasteiger partial charge < -0.3 is 4.74 Å². The third kappa shape index (κ3) is 4.43. The van der Waals surface area contributed by atoms with Crippen molar-refractivity contribution < 1.29 is 9.53 Å². The van der Waals surface area contributed by atoms with Gasteiger partial charge in [-0.3, -0.25) is 9.59 Å². The van der Waals surface area contributed by atoms with E-state index >= 15 is 0 Å². The van der Waals surface area contributed by atoms with Crippen molar-refractivity contribution in [3.8, 4) is 5.69 Å². The van der Waals surface area contributed by atoms with Gasteiger partial charge >= 0.3 is 0 Å². The van der Waals surface area contributed by atoms with Crippen molar-refractivity contribution in [2.75, 3.05) is 5.75 Å². The molecule has 0 bridgehead atoms. The van der Waals surface area contributed by atoms with Crippen LogP contribution in [0.25, 0.3) is 21.7 Å². The minimum Gasteiger partial charge on any atom is -0.372 e. The molecule has 0 unspecified atom stereocenters. The monoisotopic (exact) mass is 608 g/mol. The summed E-state index contributed by atoms with van der Waals surface area (Å²) in [5.74, 6) is 0.983. The summed E-state index contributed by atoms with van der Waals surface area (Å²) in [5, 5.41) is 10.2. The molecule has 1 aliphatic heterocycles. The number of hydrogen-bond acceptors (Lipinski definition) is 7. The average molecular weight is 610 g/mol. The summed E-state index contributed by atoms with van der Waals surface area (Å²) in [6, 6.07) is 15.2. The lowest BCUT2D eigenvalue weighted by molar-refractivity contribution is 0.00200. The van der Waals surface area contributed by atoms with Crippen LogP contribution in [0.4, 0.5) is 0 Å². The number of hydrogen-bond donors (Lipinski definition) is 0. The first-order valence-electron chi connectivity index (χ1n) is 12.4. The van der Waals surface area contributed by atoms with Gasteiger partial charge in [-0.05, 0) is 48.2 Å². The van der Waals surface area contributed by atoms with Gasteiger partial charge in [0.2, 0.25) is 5.78 Å². The van der Waals surface area contributed by atoms with Crippen molar-refractivity contribution in [3.05, 3.63) is 84.9 Å². The van der Waals surface area contributed by atoms with E-state index < -0.39 is 0 Å². The molecule has 0 aliphatic carbocycles. The minimum atomic E-state index is -0.102. The van der Waals surface area contributed by atoms with Crippen molar-refractivity contribution >= 4 is 60.8 Å². The van der Waals surface area contributed by atoms with Gasteiger partial charge in [0, 0.05) is 21.3 Å². The largest absolute Gasteiger partial charge is 0.372 e. The van der Waals surface area contributed by atoms with Crippen LogP contribution in [0.1, 0.15) is 40.2 Å². The van der Waals surface area contributed by atoms with Crippen LogP contribution in [-0.2, 0) is 17.8 Å². The third-order valence-corrected chi connectivity index (χ3v) is 9.49. The molecule has 0 fully saturated rings. The zero-order valence-corrected chi connectivity index (χ0v) is 24.3. The lowest BCUT2D eigenvalue weighted by Crippen LogP contribution is -2.28. The fourth-order valence-electron chi connectivity index (χ4n) is 4.81. The van der Waals surface area contributed by atoms with Gasteiger partial charge in [0.25, 0.3) is 5.56 Å². The number of aryl methyl sites for hydroxylation is 1. The molecule has 0 spiro atoms. The highest BCUT2D eigenvalue weighted by Crippen LogP contribution is 2.37. The van der Waals surface area contributed by atoms with E-state index in [4.69, 9.17) is 4.74 Å². The Balaban J connectivity index is 1.52. The molecule has 1 aliphatic rings. The van der Waals surface area contributed by atoms with Gasteiger partial charge in [0.05, 0.1) is 29.5 Å². The van der Waals surface area contributed by atoms with E-state index in [9.17, 15) is 9.59 Å². The van der Waals surface area contributed by atoms with Crippen molar-refractivity contribution in [1.29, 1.82) is 0 Å². The Hall–Kier alpha value is -2.79. The van der Waals surface area contributed by atoms with Crippen molar-refractivity contribution in [3.63, 3.8) is 0 Å². The molecular formula is C28H25BrN4O3S2. The molecule has 3 aromatic heterocycles. The van der Waals surface area contributed by atoms with Gasteiger partial charge in [-0.25, -0.2) is 8.97 Å². The third-order valence-electron chi connectivity index (χ3n) is 6.84. The van der Waals surface area contributed by atoms with Crippen LogP contribution in [-0.4, -0.2) is 36.8 Å². The van der Waals surface area contributed by atoms with Gasteiger partial charge in [-0.2, -0.15) is 0 Å². The maximum absolute atomic E-state index is 14.1. The average Bonchev–Trinajstić information content (AvgIpc) is 3.49. The summed E-state index contributed by atoms with van der Waals surface area (Å²) in [6.07, 6.45) is 0.745. The Morgan fingerprint density at radius 3 is 2.74 bits per heavy atom. The van der Waals surface area contributed by atoms with Gasteiger partial charge in [0.1, 0.15) is 4.83 Å². The van der Waals surface area contributed by atoms with Crippen LogP contribution >= 0.6 is 39.0 Å². The second-order valence-corrected chi connectivity index (χ2v) is 12.7. The van der Waals surface area contributed by atoms with E-state index in [2.05, 4.69) is 40.0 Å². The zero-order valence-electron chi connectivity index (χ0n) is 21.1. The van der Waals surface area contributed by atoms with Crippen LogP contribution in [0.3, 0.4) is 0 Å². The number of carbonyl (C=O) groups is 1.